The number of rotatable bonds is 5. The van der Waals surface area contributed by atoms with E-state index in [1.807, 2.05) is 0 Å². The van der Waals surface area contributed by atoms with E-state index in [0.717, 1.165) is 6.54 Å². The lowest BCUT2D eigenvalue weighted by Gasteiger charge is -2.39. The fraction of sp³-hybridized carbons (Fsp3) is 1.00. The average molecular weight is 212 g/mol. The molecule has 0 radical (unpaired) electrons. The molecule has 1 saturated heterocycles. The Morgan fingerprint density at radius 3 is 2.47 bits per heavy atom. The first-order valence-corrected chi connectivity index (χ1v) is 6.49. The Kier molecular flexibility index (Phi) is 4.60. The van der Waals surface area contributed by atoms with Crippen molar-refractivity contribution in [2.75, 3.05) is 13.1 Å². The van der Waals surface area contributed by atoms with Crippen molar-refractivity contribution in [2.45, 2.75) is 71.5 Å². The zero-order chi connectivity index (χ0) is 11.5. The minimum Gasteiger partial charge on any atom is -0.313 e. The van der Waals surface area contributed by atoms with E-state index in [0.29, 0.717) is 17.6 Å². The molecular weight excluding hydrogens is 184 g/mol. The molecule has 1 aliphatic heterocycles. The largest absolute Gasteiger partial charge is 0.313 e. The van der Waals surface area contributed by atoms with Gasteiger partial charge in [-0.3, -0.25) is 4.90 Å². The minimum absolute atomic E-state index is 0.404. The van der Waals surface area contributed by atoms with Gasteiger partial charge in [0.1, 0.15) is 0 Å². The van der Waals surface area contributed by atoms with E-state index in [1.54, 1.807) is 0 Å². The fourth-order valence-electron chi connectivity index (χ4n) is 2.70. The Bertz CT molecular complexity index is 189. The molecule has 0 amide bonds. The maximum atomic E-state index is 3.61. The van der Waals surface area contributed by atoms with Crippen molar-refractivity contribution in [1.29, 1.82) is 0 Å². The predicted molar refractivity (Wildman–Crippen MR) is 67.2 cm³/mol. The molecule has 0 aromatic rings. The molecule has 2 nitrogen and oxygen atoms in total. The van der Waals surface area contributed by atoms with Gasteiger partial charge in [0.05, 0.1) is 0 Å². The van der Waals surface area contributed by atoms with Crippen molar-refractivity contribution in [2.24, 2.45) is 0 Å². The Balaban J connectivity index is 2.48. The van der Waals surface area contributed by atoms with Gasteiger partial charge in [-0.1, -0.05) is 6.92 Å². The molecule has 2 heteroatoms. The highest BCUT2D eigenvalue weighted by Gasteiger charge is 2.36. The smallest absolute Gasteiger partial charge is 0.0223 e. The lowest BCUT2D eigenvalue weighted by molar-refractivity contribution is 0.103. The highest BCUT2D eigenvalue weighted by molar-refractivity contribution is 4.93. The summed E-state index contributed by atoms with van der Waals surface area (Å²) in [6.07, 6.45) is 3.93. The molecule has 1 rings (SSSR count). The molecule has 90 valence electrons. The van der Waals surface area contributed by atoms with Crippen molar-refractivity contribution in [3.05, 3.63) is 0 Å². The molecule has 0 aromatic heterocycles. The van der Waals surface area contributed by atoms with Gasteiger partial charge in [-0.15, -0.1) is 0 Å². The fourth-order valence-corrected chi connectivity index (χ4v) is 2.70. The number of hydrogen-bond acceptors (Lipinski definition) is 2. The van der Waals surface area contributed by atoms with Crippen LogP contribution in [-0.2, 0) is 0 Å². The highest BCUT2D eigenvalue weighted by Crippen LogP contribution is 2.30. The van der Waals surface area contributed by atoms with Gasteiger partial charge in [0, 0.05) is 17.6 Å². The first kappa shape index (κ1) is 13.0. The van der Waals surface area contributed by atoms with E-state index in [2.05, 4.69) is 44.8 Å². The summed E-state index contributed by atoms with van der Waals surface area (Å²) < 4.78 is 0. The molecular formula is C13H28N2. The Hall–Kier alpha value is -0.0800. The van der Waals surface area contributed by atoms with Crippen molar-refractivity contribution in [3.63, 3.8) is 0 Å². The van der Waals surface area contributed by atoms with Gasteiger partial charge < -0.3 is 5.32 Å². The summed E-state index contributed by atoms with van der Waals surface area (Å²) in [6.45, 7) is 14.1. The van der Waals surface area contributed by atoms with Gasteiger partial charge in [0.15, 0.2) is 0 Å². The van der Waals surface area contributed by atoms with E-state index in [-0.39, 0.29) is 0 Å². The molecule has 0 aliphatic carbocycles. The molecule has 0 saturated carbocycles. The second-order valence-corrected chi connectivity index (χ2v) is 5.59. The van der Waals surface area contributed by atoms with Gasteiger partial charge in [-0.05, 0) is 60.0 Å². The second kappa shape index (κ2) is 5.31. The standard InChI is InChI=1S/C13H28N2/c1-6-9-14-11(2)12(3)15-10-7-8-13(15,4)5/h11-12,14H,6-10H2,1-5H3. The summed E-state index contributed by atoms with van der Waals surface area (Å²) in [5, 5.41) is 3.61. The molecule has 2 atom stereocenters. The van der Waals surface area contributed by atoms with Gasteiger partial charge in [-0.2, -0.15) is 0 Å². The summed E-state index contributed by atoms with van der Waals surface area (Å²) in [6, 6.07) is 1.25. The molecule has 0 bridgehead atoms. The summed E-state index contributed by atoms with van der Waals surface area (Å²) in [4.78, 5) is 2.67. The molecule has 1 heterocycles. The monoisotopic (exact) mass is 212 g/mol. The summed E-state index contributed by atoms with van der Waals surface area (Å²) in [5.74, 6) is 0. The molecule has 1 fully saturated rings. The zero-order valence-corrected chi connectivity index (χ0v) is 11.1. The predicted octanol–water partition coefficient (Wildman–Crippen LogP) is 2.64. The van der Waals surface area contributed by atoms with Crippen LogP contribution in [0.3, 0.4) is 0 Å². The first-order chi connectivity index (χ1) is 6.99. The lowest BCUT2D eigenvalue weighted by atomic mass is 9.99. The summed E-state index contributed by atoms with van der Waals surface area (Å²) in [7, 11) is 0. The first-order valence-electron chi connectivity index (χ1n) is 6.49. The SMILES string of the molecule is CCCNC(C)C(C)N1CCCC1(C)C. The number of nitrogens with one attached hydrogen (secondary N) is 1. The molecule has 1 N–H and O–H groups in total. The summed E-state index contributed by atoms with van der Waals surface area (Å²) in [5.41, 5.74) is 0.404. The van der Waals surface area contributed by atoms with Crippen LogP contribution in [0.5, 0.6) is 0 Å². The maximum absolute atomic E-state index is 3.61. The number of hydrogen-bond donors (Lipinski definition) is 1. The highest BCUT2D eigenvalue weighted by atomic mass is 15.3. The van der Waals surface area contributed by atoms with E-state index in [1.165, 1.54) is 25.8 Å². The quantitative estimate of drug-likeness (QED) is 0.753. The van der Waals surface area contributed by atoms with Crippen LogP contribution >= 0.6 is 0 Å². The van der Waals surface area contributed by atoms with Crippen LogP contribution in [0.2, 0.25) is 0 Å². The second-order valence-electron chi connectivity index (χ2n) is 5.59. The molecule has 1 aliphatic rings. The van der Waals surface area contributed by atoms with E-state index in [9.17, 15) is 0 Å². The van der Waals surface area contributed by atoms with Gasteiger partial charge >= 0.3 is 0 Å². The third-order valence-corrected chi connectivity index (χ3v) is 3.90. The van der Waals surface area contributed by atoms with Gasteiger partial charge in [-0.25, -0.2) is 0 Å². The van der Waals surface area contributed by atoms with Crippen LogP contribution in [0.1, 0.15) is 53.9 Å². The van der Waals surface area contributed by atoms with Gasteiger partial charge in [0.25, 0.3) is 0 Å². The molecule has 0 spiro atoms. The Morgan fingerprint density at radius 1 is 1.33 bits per heavy atom. The van der Waals surface area contributed by atoms with Crippen LogP contribution in [0.4, 0.5) is 0 Å². The van der Waals surface area contributed by atoms with Crippen LogP contribution in [0.25, 0.3) is 0 Å². The molecule has 2 unspecified atom stereocenters. The van der Waals surface area contributed by atoms with Crippen LogP contribution in [0.15, 0.2) is 0 Å². The van der Waals surface area contributed by atoms with Gasteiger partial charge in [0.2, 0.25) is 0 Å². The zero-order valence-electron chi connectivity index (χ0n) is 11.1. The van der Waals surface area contributed by atoms with E-state index < -0.39 is 0 Å². The maximum Gasteiger partial charge on any atom is 0.0223 e. The lowest BCUT2D eigenvalue weighted by Crippen LogP contribution is -2.52. The van der Waals surface area contributed by atoms with E-state index in [4.69, 9.17) is 0 Å². The van der Waals surface area contributed by atoms with Crippen molar-refractivity contribution >= 4 is 0 Å². The van der Waals surface area contributed by atoms with Crippen LogP contribution in [0, 0.1) is 0 Å². The van der Waals surface area contributed by atoms with Crippen molar-refractivity contribution in [3.8, 4) is 0 Å². The molecule has 0 aromatic carbocycles. The van der Waals surface area contributed by atoms with Crippen molar-refractivity contribution < 1.29 is 0 Å². The topological polar surface area (TPSA) is 15.3 Å². The number of likely N-dealkylation sites (tertiary alicyclic amines) is 1. The minimum atomic E-state index is 0.404. The third-order valence-electron chi connectivity index (χ3n) is 3.90. The van der Waals surface area contributed by atoms with E-state index >= 15 is 0 Å². The normalized spacial score (nSPS) is 25.4. The Morgan fingerprint density at radius 2 is 2.00 bits per heavy atom. The van der Waals surface area contributed by atoms with Crippen LogP contribution in [-0.4, -0.2) is 35.6 Å². The van der Waals surface area contributed by atoms with Crippen molar-refractivity contribution in [1.82, 2.24) is 10.2 Å². The molecule has 15 heavy (non-hydrogen) atoms. The Labute approximate surface area is 95.4 Å². The third kappa shape index (κ3) is 3.18. The number of nitrogens with zero attached hydrogens (tertiary/aromatic N) is 1. The summed E-state index contributed by atoms with van der Waals surface area (Å²) >= 11 is 0. The van der Waals surface area contributed by atoms with Crippen LogP contribution < -0.4 is 5.32 Å². The average Bonchev–Trinajstić information content (AvgIpc) is 2.53.